The number of nitrogens with zero attached hydrogens (tertiary/aromatic N) is 1. The third kappa shape index (κ3) is 4.27. The van der Waals surface area contributed by atoms with Gasteiger partial charge in [-0.1, -0.05) is 169 Å². The molecule has 0 aromatic heterocycles. The van der Waals surface area contributed by atoms with Crippen molar-refractivity contribution in [1.29, 1.82) is 0 Å². The number of aryl methyl sites for hydroxylation is 2. The van der Waals surface area contributed by atoms with Crippen molar-refractivity contribution in [2.75, 3.05) is 4.90 Å². The Balaban J connectivity index is 1.28. The van der Waals surface area contributed by atoms with E-state index in [1.807, 2.05) is 11.8 Å². The number of anilines is 3. The minimum Gasteiger partial charge on any atom is -0.310 e. The summed E-state index contributed by atoms with van der Waals surface area (Å²) >= 11 is 8.86. The first-order valence-corrected chi connectivity index (χ1v) is 24.7. The van der Waals surface area contributed by atoms with Crippen LogP contribution in [0.2, 0.25) is 13.1 Å². The summed E-state index contributed by atoms with van der Waals surface area (Å²) < 4.78 is 0. The Morgan fingerprint density at radius 3 is 1.71 bits per heavy atom. The van der Waals surface area contributed by atoms with E-state index >= 15 is 0 Å². The molecule has 7 aromatic carbocycles. The molecular formula is C47H38NPS2Si. The molecule has 52 heavy (non-hydrogen) atoms. The zero-order valence-electron chi connectivity index (χ0n) is 29.7. The standard InChI is InChI=1S/C47H38NPS2Si/c1-31-22-25-39-37(28-31)47(35-16-8-11-19-43(35)51-44-20-12-9-17-36(44)47)38-29-32(2)23-26-40(38)48(39)33-24-27-42-46(30-33)52(3,4)45-21-13-10-18-41(45)49(42,50)34-14-6-5-7-15-34/h5-30H,1-4H3. The smallest absolute Gasteiger partial charge is 0.114 e. The van der Waals surface area contributed by atoms with E-state index < -0.39 is 19.5 Å². The highest BCUT2D eigenvalue weighted by molar-refractivity contribution is 8.26. The van der Waals surface area contributed by atoms with E-state index in [1.165, 1.54) is 86.5 Å². The summed E-state index contributed by atoms with van der Waals surface area (Å²) in [4.78, 5) is 5.20. The van der Waals surface area contributed by atoms with Crippen LogP contribution in [0.3, 0.4) is 0 Å². The lowest BCUT2D eigenvalue weighted by atomic mass is 9.61. The zero-order chi connectivity index (χ0) is 35.4. The summed E-state index contributed by atoms with van der Waals surface area (Å²) in [5.74, 6) is 0. The monoisotopic (exact) mass is 739 g/mol. The van der Waals surface area contributed by atoms with Gasteiger partial charge in [0.25, 0.3) is 0 Å². The number of fused-ring (bicyclic) bond motifs is 10. The molecule has 1 spiro atoms. The average Bonchev–Trinajstić information content (AvgIpc) is 3.17. The van der Waals surface area contributed by atoms with Gasteiger partial charge in [-0.2, -0.15) is 0 Å². The Kier molecular flexibility index (Phi) is 7.14. The van der Waals surface area contributed by atoms with Crippen LogP contribution in [-0.4, -0.2) is 8.07 Å². The van der Waals surface area contributed by atoms with Crippen LogP contribution in [0.4, 0.5) is 17.1 Å². The van der Waals surface area contributed by atoms with Gasteiger partial charge < -0.3 is 4.90 Å². The molecule has 0 radical (unpaired) electrons. The molecule has 3 aliphatic rings. The van der Waals surface area contributed by atoms with Gasteiger partial charge in [-0.3, -0.25) is 0 Å². The average molecular weight is 740 g/mol. The van der Waals surface area contributed by atoms with Crippen molar-refractivity contribution in [3.63, 3.8) is 0 Å². The van der Waals surface area contributed by atoms with Gasteiger partial charge >= 0.3 is 0 Å². The van der Waals surface area contributed by atoms with Crippen LogP contribution in [0, 0.1) is 13.8 Å². The first kappa shape index (κ1) is 32.2. The van der Waals surface area contributed by atoms with E-state index in [0.29, 0.717) is 0 Å². The molecule has 0 bridgehead atoms. The topological polar surface area (TPSA) is 3.24 Å². The molecule has 5 heteroatoms. The van der Waals surface area contributed by atoms with Crippen LogP contribution in [0.15, 0.2) is 168 Å². The molecule has 1 unspecified atom stereocenters. The summed E-state index contributed by atoms with van der Waals surface area (Å²) in [5, 5.41) is 6.95. The number of benzene rings is 7. The molecule has 0 saturated heterocycles. The lowest BCUT2D eigenvalue weighted by Crippen LogP contribution is -2.67. The molecule has 10 rings (SSSR count). The number of hydrogen-bond acceptors (Lipinski definition) is 3. The molecule has 0 amide bonds. The van der Waals surface area contributed by atoms with Crippen LogP contribution in [0.25, 0.3) is 0 Å². The lowest BCUT2D eigenvalue weighted by Gasteiger charge is -2.49. The molecule has 252 valence electrons. The van der Waals surface area contributed by atoms with Crippen molar-refractivity contribution in [2.24, 2.45) is 0 Å². The molecule has 0 saturated carbocycles. The van der Waals surface area contributed by atoms with Crippen molar-refractivity contribution in [2.45, 2.75) is 42.1 Å². The van der Waals surface area contributed by atoms with E-state index in [0.717, 1.165) is 0 Å². The maximum absolute atomic E-state index is 6.96. The first-order valence-electron chi connectivity index (χ1n) is 18.0. The van der Waals surface area contributed by atoms with Crippen LogP contribution in [-0.2, 0) is 17.2 Å². The van der Waals surface area contributed by atoms with E-state index in [1.54, 1.807) is 0 Å². The fourth-order valence-electron chi connectivity index (χ4n) is 9.32. The fourth-order valence-corrected chi connectivity index (χ4v) is 20.6. The van der Waals surface area contributed by atoms with Gasteiger partial charge in [-0.25, -0.2) is 0 Å². The van der Waals surface area contributed by atoms with Crippen LogP contribution >= 0.6 is 17.8 Å². The van der Waals surface area contributed by atoms with Gasteiger partial charge in [0.1, 0.15) is 8.07 Å². The van der Waals surface area contributed by atoms with Gasteiger partial charge in [0, 0.05) is 21.5 Å². The van der Waals surface area contributed by atoms with E-state index in [4.69, 9.17) is 11.8 Å². The number of rotatable bonds is 2. The van der Waals surface area contributed by atoms with Crippen molar-refractivity contribution in [1.82, 2.24) is 0 Å². The quantitative estimate of drug-likeness (QED) is 0.128. The molecule has 1 nitrogen and oxygen atoms in total. The van der Waals surface area contributed by atoms with Crippen LogP contribution in [0.5, 0.6) is 0 Å². The third-order valence-corrected chi connectivity index (χ3v) is 21.8. The first-order chi connectivity index (χ1) is 25.2. The molecule has 3 heterocycles. The normalized spacial score (nSPS) is 18.3. The Morgan fingerprint density at radius 1 is 0.538 bits per heavy atom. The summed E-state index contributed by atoms with van der Waals surface area (Å²) in [7, 11) is -2.15. The van der Waals surface area contributed by atoms with Crippen molar-refractivity contribution >= 4 is 81.0 Å². The Labute approximate surface area is 317 Å². The Morgan fingerprint density at radius 2 is 1.08 bits per heavy atom. The fraction of sp³-hybridized carbons (Fsp3) is 0.106. The Bertz CT molecular complexity index is 2560. The predicted molar refractivity (Wildman–Crippen MR) is 229 cm³/mol. The molecule has 0 fully saturated rings. The van der Waals surface area contributed by atoms with Gasteiger partial charge in [-0.15, -0.1) is 0 Å². The van der Waals surface area contributed by atoms with Gasteiger partial charge in [0.05, 0.1) is 16.8 Å². The number of hydrogen-bond donors (Lipinski definition) is 0. The zero-order valence-corrected chi connectivity index (χ0v) is 33.2. The molecule has 0 N–H and O–H groups in total. The second kappa shape index (κ2) is 11.5. The van der Waals surface area contributed by atoms with E-state index in [-0.39, 0.29) is 0 Å². The highest BCUT2D eigenvalue weighted by Crippen LogP contribution is 2.63. The van der Waals surface area contributed by atoms with Gasteiger partial charge in [0.2, 0.25) is 0 Å². The van der Waals surface area contributed by atoms with Gasteiger partial charge in [-0.05, 0) is 98.8 Å². The van der Waals surface area contributed by atoms with Crippen molar-refractivity contribution in [3.05, 3.63) is 191 Å². The molecule has 1 atom stereocenters. The Hall–Kier alpha value is -4.44. The SMILES string of the molecule is Cc1ccc2c(c1)C1(c3ccccc3Sc3ccccc31)c1cc(C)ccc1N2c1ccc2c(c1)[Si](C)(C)c1ccccc1P2(=S)c1ccccc1. The van der Waals surface area contributed by atoms with Crippen molar-refractivity contribution < 1.29 is 0 Å². The maximum atomic E-state index is 6.96. The van der Waals surface area contributed by atoms with Gasteiger partial charge in [0.15, 0.2) is 0 Å². The molecule has 7 aromatic rings. The summed E-state index contributed by atoms with van der Waals surface area (Å²) in [6.07, 6.45) is 0. The highest BCUT2D eigenvalue weighted by atomic mass is 32.4. The predicted octanol–water partition coefficient (Wildman–Crippen LogP) is 9.83. The largest absolute Gasteiger partial charge is 0.310 e. The van der Waals surface area contributed by atoms with E-state index in [9.17, 15) is 0 Å². The van der Waals surface area contributed by atoms with Crippen molar-refractivity contribution in [3.8, 4) is 0 Å². The maximum Gasteiger partial charge on any atom is 0.114 e. The minimum atomic E-state index is -2.28. The summed E-state index contributed by atoms with van der Waals surface area (Å²) in [6, 6.07) is 57.4. The van der Waals surface area contributed by atoms with Crippen LogP contribution < -0.4 is 31.2 Å². The highest BCUT2D eigenvalue weighted by Gasteiger charge is 2.51. The molecule has 0 aliphatic carbocycles. The van der Waals surface area contributed by atoms with E-state index in [2.05, 4.69) is 190 Å². The minimum absolute atomic E-state index is 0.465. The lowest BCUT2D eigenvalue weighted by molar-refractivity contribution is 0.690. The molecule has 3 aliphatic heterocycles. The molecular weight excluding hydrogens is 702 g/mol. The van der Waals surface area contributed by atoms with Crippen LogP contribution in [0.1, 0.15) is 33.4 Å². The second-order valence-corrected chi connectivity index (χ2v) is 24.8. The summed E-state index contributed by atoms with van der Waals surface area (Å²) in [5.41, 5.74) is 11.1. The second-order valence-electron chi connectivity index (χ2n) is 15.0. The summed E-state index contributed by atoms with van der Waals surface area (Å²) in [6.45, 7) is 9.51. The third-order valence-electron chi connectivity index (χ3n) is 11.7.